The molecule has 1 heterocycles. The third-order valence-corrected chi connectivity index (χ3v) is 11.4. The molecule has 0 aliphatic heterocycles. The molecule has 46 heavy (non-hydrogen) atoms. The first-order chi connectivity index (χ1) is 22.7. The van der Waals surface area contributed by atoms with Crippen LogP contribution in [0.2, 0.25) is 0 Å². The Morgan fingerprint density at radius 3 is 1.76 bits per heavy atom. The Morgan fingerprint density at radius 1 is 0.630 bits per heavy atom. The molecule has 0 aliphatic carbocycles. The van der Waals surface area contributed by atoms with E-state index in [1.54, 1.807) is 22.5 Å². The van der Waals surface area contributed by atoms with Gasteiger partial charge in [-0.3, -0.25) is 0 Å². The number of thioether (sulfide) groups is 1. The van der Waals surface area contributed by atoms with Crippen LogP contribution in [0.5, 0.6) is 11.5 Å². The summed E-state index contributed by atoms with van der Waals surface area (Å²) < 4.78 is 1.64. The number of phenols is 2. The van der Waals surface area contributed by atoms with Crippen molar-refractivity contribution in [3.63, 3.8) is 0 Å². The highest BCUT2D eigenvalue weighted by Crippen LogP contribution is 2.51. The Labute approximate surface area is 288 Å². The molecule has 0 fully saturated rings. The van der Waals surface area contributed by atoms with E-state index in [4.69, 9.17) is 0 Å². The molecule has 0 unspecified atom stereocenters. The van der Waals surface area contributed by atoms with Crippen LogP contribution in [0.15, 0.2) is 91.5 Å². The zero-order chi connectivity index (χ0) is 32.2. The molecule has 0 amide bonds. The van der Waals surface area contributed by atoms with E-state index in [0.29, 0.717) is 19.8 Å². The second kappa shape index (κ2) is 21.3. The molecular formula is C37H50N4O2S3. The number of tetrazole rings is 1. The zero-order valence-electron chi connectivity index (χ0n) is 27.3. The van der Waals surface area contributed by atoms with E-state index in [9.17, 15) is 10.2 Å². The smallest absolute Gasteiger partial charge is 0.219 e. The van der Waals surface area contributed by atoms with Crippen LogP contribution in [0.1, 0.15) is 110 Å². The minimum atomic E-state index is 0.110. The molecule has 6 nitrogen and oxygen atoms in total. The SMILES string of the molecule is CCCCCCCCCCCCCCCCCCSc1cc(O)c(Sc2nnnn2-c2ccccc2)c(Sc2ccccc2)c1O. The van der Waals surface area contributed by atoms with E-state index in [1.807, 2.05) is 60.7 Å². The van der Waals surface area contributed by atoms with Crippen molar-refractivity contribution in [3.8, 4) is 17.2 Å². The molecule has 4 aromatic rings. The van der Waals surface area contributed by atoms with Gasteiger partial charge in [0.15, 0.2) is 0 Å². The number of aromatic hydroxyl groups is 2. The molecule has 0 bridgehead atoms. The largest absolute Gasteiger partial charge is 0.507 e. The van der Waals surface area contributed by atoms with Crippen molar-refractivity contribution in [2.45, 2.75) is 134 Å². The number of nitrogens with zero attached hydrogens (tertiary/aromatic N) is 4. The molecule has 0 atom stereocenters. The lowest BCUT2D eigenvalue weighted by atomic mass is 10.0. The summed E-state index contributed by atoms with van der Waals surface area (Å²) >= 11 is 4.30. The van der Waals surface area contributed by atoms with Crippen LogP contribution in [0.4, 0.5) is 0 Å². The predicted molar refractivity (Wildman–Crippen MR) is 194 cm³/mol. The van der Waals surface area contributed by atoms with Crippen LogP contribution in [-0.2, 0) is 0 Å². The van der Waals surface area contributed by atoms with E-state index in [-0.39, 0.29) is 11.5 Å². The highest BCUT2D eigenvalue weighted by molar-refractivity contribution is 8.02. The second-order valence-corrected chi connectivity index (χ2v) is 15.0. The van der Waals surface area contributed by atoms with Crippen LogP contribution in [0, 0.1) is 0 Å². The van der Waals surface area contributed by atoms with Crippen LogP contribution in [0.3, 0.4) is 0 Å². The Bertz CT molecular complexity index is 1400. The van der Waals surface area contributed by atoms with E-state index in [2.05, 4.69) is 22.4 Å². The van der Waals surface area contributed by atoms with Gasteiger partial charge in [-0.05, 0) is 64.7 Å². The van der Waals surface area contributed by atoms with Gasteiger partial charge in [0.25, 0.3) is 0 Å². The Balaban J connectivity index is 1.23. The lowest BCUT2D eigenvalue weighted by Crippen LogP contribution is -1.98. The van der Waals surface area contributed by atoms with E-state index in [0.717, 1.165) is 22.8 Å². The molecule has 2 N–H and O–H groups in total. The third-order valence-electron chi connectivity index (χ3n) is 8.01. The standard InChI is InChI=1S/C37H50N4O2S3/c1-2-3-4-5-6-7-8-9-10-11-12-13-14-15-16-23-28-44-33-29-32(42)35(36(34(33)43)45-31-26-21-18-22-27-31)46-37-38-39-40-41(37)30-24-19-17-20-25-30/h17-22,24-27,29,42-43H,2-16,23,28H2,1H3. The van der Waals surface area contributed by atoms with Gasteiger partial charge in [0, 0.05) is 4.90 Å². The number of benzene rings is 3. The fraction of sp³-hybridized carbons (Fsp3) is 0.486. The first-order valence-corrected chi connectivity index (χ1v) is 19.8. The van der Waals surface area contributed by atoms with Crippen LogP contribution < -0.4 is 0 Å². The molecule has 0 saturated carbocycles. The number of hydrogen-bond acceptors (Lipinski definition) is 8. The Hall–Kier alpha value is -2.62. The van der Waals surface area contributed by atoms with Gasteiger partial charge in [0.2, 0.25) is 5.16 Å². The first kappa shape index (κ1) is 36.2. The molecule has 0 radical (unpaired) electrons. The maximum absolute atomic E-state index is 11.5. The van der Waals surface area contributed by atoms with Crippen molar-refractivity contribution >= 4 is 35.3 Å². The lowest BCUT2D eigenvalue weighted by molar-refractivity contribution is 0.423. The molecule has 0 spiro atoms. The molecule has 4 rings (SSSR count). The fourth-order valence-corrected chi connectivity index (χ4v) is 8.49. The Kier molecular flexibility index (Phi) is 16.8. The quantitative estimate of drug-likeness (QED) is 0.0455. The van der Waals surface area contributed by atoms with Gasteiger partial charge in [0.1, 0.15) is 11.5 Å². The van der Waals surface area contributed by atoms with Gasteiger partial charge >= 0.3 is 0 Å². The monoisotopic (exact) mass is 678 g/mol. The van der Waals surface area contributed by atoms with Crippen LogP contribution in [0.25, 0.3) is 5.69 Å². The Morgan fingerprint density at radius 2 is 1.17 bits per heavy atom. The number of rotatable bonds is 23. The summed E-state index contributed by atoms with van der Waals surface area (Å²) in [4.78, 5) is 2.81. The van der Waals surface area contributed by atoms with Crippen molar-refractivity contribution in [1.29, 1.82) is 0 Å². The fourth-order valence-electron chi connectivity index (χ4n) is 5.40. The summed E-state index contributed by atoms with van der Waals surface area (Å²) in [6.07, 6.45) is 21.6. The molecule has 9 heteroatoms. The maximum Gasteiger partial charge on any atom is 0.219 e. The maximum atomic E-state index is 11.5. The normalized spacial score (nSPS) is 11.3. The van der Waals surface area contributed by atoms with E-state index < -0.39 is 0 Å². The van der Waals surface area contributed by atoms with Gasteiger partial charge in [-0.2, -0.15) is 4.68 Å². The number of hydrogen-bond donors (Lipinski definition) is 2. The predicted octanol–water partition coefficient (Wildman–Crippen LogP) is 11.7. The van der Waals surface area contributed by atoms with Crippen molar-refractivity contribution < 1.29 is 10.2 Å². The van der Waals surface area contributed by atoms with Crippen molar-refractivity contribution in [2.24, 2.45) is 0 Å². The summed E-state index contributed by atoms with van der Waals surface area (Å²) in [6.45, 7) is 2.28. The number of phenolic OH excluding ortho intramolecular Hbond substituents is 2. The summed E-state index contributed by atoms with van der Waals surface area (Å²) in [5.74, 6) is 1.20. The average Bonchev–Trinajstić information content (AvgIpc) is 3.55. The molecule has 248 valence electrons. The summed E-state index contributed by atoms with van der Waals surface area (Å²) in [5.41, 5.74) is 0.821. The first-order valence-electron chi connectivity index (χ1n) is 17.1. The second-order valence-electron chi connectivity index (χ2n) is 11.8. The number of aromatic nitrogens is 4. The molecule has 1 aromatic heterocycles. The summed E-state index contributed by atoms with van der Waals surface area (Å²) in [7, 11) is 0. The van der Waals surface area contributed by atoms with Gasteiger partial charge in [-0.25, -0.2) is 0 Å². The highest BCUT2D eigenvalue weighted by atomic mass is 32.2. The molecular weight excluding hydrogens is 629 g/mol. The topological polar surface area (TPSA) is 84.1 Å². The molecule has 0 aliphatic rings. The lowest BCUT2D eigenvalue weighted by Gasteiger charge is -2.16. The van der Waals surface area contributed by atoms with Crippen molar-refractivity contribution in [3.05, 3.63) is 66.7 Å². The third kappa shape index (κ3) is 12.2. The summed E-state index contributed by atoms with van der Waals surface area (Å²) in [5, 5.41) is 35.5. The van der Waals surface area contributed by atoms with E-state index in [1.165, 1.54) is 120 Å². The highest BCUT2D eigenvalue weighted by Gasteiger charge is 2.23. The summed E-state index contributed by atoms with van der Waals surface area (Å²) in [6, 6.07) is 21.2. The number of para-hydroxylation sites is 1. The number of unbranched alkanes of at least 4 members (excludes halogenated alkanes) is 15. The van der Waals surface area contributed by atoms with Crippen molar-refractivity contribution in [2.75, 3.05) is 5.75 Å². The van der Waals surface area contributed by atoms with E-state index >= 15 is 0 Å². The molecule has 0 saturated heterocycles. The van der Waals surface area contributed by atoms with Gasteiger partial charge in [-0.1, -0.05) is 151 Å². The molecule has 3 aromatic carbocycles. The zero-order valence-corrected chi connectivity index (χ0v) is 29.7. The van der Waals surface area contributed by atoms with Gasteiger partial charge < -0.3 is 10.2 Å². The van der Waals surface area contributed by atoms with Gasteiger partial charge in [-0.15, -0.1) is 16.9 Å². The van der Waals surface area contributed by atoms with Crippen LogP contribution in [-0.4, -0.2) is 36.2 Å². The average molecular weight is 679 g/mol. The van der Waals surface area contributed by atoms with Crippen LogP contribution >= 0.6 is 35.3 Å². The van der Waals surface area contributed by atoms with Crippen molar-refractivity contribution in [1.82, 2.24) is 20.2 Å². The minimum absolute atomic E-state index is 0.110. The van der Waals surface area contributed by atoms with Gasteiger partial charge in [0.05, 0.1) is 20.4 Å². The minimum Gasteiger partial charge on any atom is -0.507 e.